The Morgan fingerprint density at radius 1 is 1.25 bits per heavy atom. The Morgan fingerprint density at radius 2 is 1.75 bits per heavy atom. The van der Waals surface area contributed by atoms with Crippen molar-refractivity contribution in [3.63, 3.8) is 0 Å². The van der Waals surface area contributed by atoms with Crippen molar-refractivity contribution in [1.29, 1.82) is 0 Å². The highest BCUT2D eigenvalue weighted by atomic mass is 16.7. The Kier molecular flexibility index (Phi) is 1.29. The van der Waals surface area contributed by atoms with Crippen molar-refractivity contribution in [2.75, 3.05) is 13.1 Å². The molecule has 1 fully saturated rings. The maximum atomic E-state index is 5.38. The molecule has 2 nitrogen and oxygen atoms in total. The average molecular weight is 115 g/mol. The topological polar surface area (TPSA) is 12.2 Å². The summed E-state index contributed by atoms with van der Waals surface area (Å²) in [6, 6.07) is 0. The van der Waals surface area contributed by atoms with Crippen molar-refractivity contribution in [3.05, 3.63) is 0 Å². The summed E-state index contributed by atoms with van der Waals surface area (Å²) in [5.74, 6) is 0. The van der Waals surface area contributed by atoms with Crippen LogP contribution in [0.1, 0.15) is 20.8 Å². The molecule has 0 saturated carbocycles. The second-order valence-electron chi connectivity index (χ2n) is 3.13. The number of nitrogens with zero attached hydrogens (tertiary/aromatic N) is 1. The van der Waals surface area contributed by atoms with Crippen molar-refractivity contribution >= 4 is 0 Å². The lowest BCUT2D eigenvalue weighted by molar-refractivity contribution is -0.156. The first kappa shape index (κ1) is 6.05. The molecule has 48 valence electrons. The average Bonchev–Trinajstić information content (AvgIpc) is 2.12. The van der Waals surface area contributed by atoms with Gasteiger partial charge in [0.05, 0.1) is 5.60 Å². The van der Waals surface area contributed by atoms with Gasteiger partial charge >= 0.3 is 0 Å². The molecule has 0 aromatic rings. The van der Waals surface area contributed by atoms with Crippen molar-refractivity contribution in [2.24, 2.45) is 0 Å². The molecule has 0 spiro atoms. The van der Waals surface area contributed by atoms with Gasteiger partial charge in [0.1, 0.15) is 0 Å². The zero-order chi connectivity index (χ0) is 6.20. The molecule has 1 heterocycles. The Hall–Kier alpha value is -0.0800. The van der Waals surface area contributed by atoms with Crippen LogP contribution < -0.4 is 0 Å². The molecule has 0 aliphatic carbocycles. The molecule has 0 aromatic heterocycles. The third kappa shape index (κ3) is 2.28. The minimum atomic E-state index is 0.0104. The monoisotopic (exact) mass is 115 g/mol. The van der Waals surface area contributed by atoms with Crippen LogP contribution in [0.2, 0.25) is 0 Å². The third-order valence-corrected chi connectivity index (χ3v) is 0.809. The van der Waals surface area contributed by atoms with Crippen LogP contribution in [-0.4, -0.2) is 23.8 Å². The minimum Gasteiger partial charge on any atom is -0.293 e. The molecular weight excluding hydrogens is 102 g/mol. The van der Waals surface area contributed by atoms with E-state index in [4.69, 9.17) is 4.84 Å². The second-order valence-corrected chi connectivity index (χ2v) is 3.13. The van der Waals surface area contributed by atoms with E-state index in [1.54, 1.807) is 0 Å². The van der Waals surface area contributed by atoms with E-state index in [2.05, 4.69) is 20.8 Å². The molecular formula is C6H13NO. The third-order valence-electron chi connectivity index (χ3n) is 0.809. The van der Waals surface area contributed by atoms with Crippen LogP contribution in [0.25, 0.3) is 0 Å². The molecule has 1 saturated heterocycles. The van der Waals surface area contributed by atoms with E-state index in [0.717, 1.165) is 13.1 Å². The van der Waals surface area contributed by atoms with Crippen molar-refractivity contribution < 1.29 is 4.84 Å². The summed E-state index contributed by atoms with van der Waals surface area (Å²) in [6.45, 7) is 8.40. The highest BCUT2D eigenvalue weighted by Crippen LogP contribution is 2.15. The lowest BCUT2D eigenvalue weighted by Gasteiger charge is -2.18. The van der Waals surface area contributed by atoms with Crippen LogP contribution in [0.3, 0.4) is 0 Å². The maximum absolute atomic E-state index is 5.38. The molecule has 0 N–H and O–H groups in total. The van der Waals surface area contributed by atoms with Gasteiger partial charge in [-0.25, -0.2) is 0 Å². The molecule has 1 aliphatic rings. The largest absolute Gasteiger partial charge is 0.293 e. The fourth-order valence-corrected chi connectivity index (χ4v) is 0.519. The van der Waals surface area contributed by atoms with Crippen LogP contribution in [0.5, 0.6) is 0 Å². The summed E-state index contributed by atoms with van der Waals surface area (Å²) in [7, 11) is 0. The van der Waals surface area contributed by atoms with Gasteiger partial charge in [0, 0.05) is 13.1 Å². The minimum absolute atomic E-state index is 0.0104. The molecule has 1 rings (SSSR count). The fraction of sp³-hybridized carbons (Fsp3) is 1.00. The zero-order valence-electron chi connectivity index (χ0n) is 5.77. The highest BCUT2D eigenvalue weighted by Gasteiger charge is 2.24. The van der Waals surface area contributed by atoms with E-state index >= 15 is 0 Å². The van der Waals surface area contributed by atoms with Gasteiger partial charge in [-0.1, -0.05) is 0 Å². The molecule has 0 atom stereocenters. The SMILES string of the molecule is CC(C)(C)ON1CC1. The van der Waals surface area contributed by atoms with E-state index in [1.165, 1.54) is 0 Å². The van der Waals surface area contributed by atoms with Gasteiger partial charge in [0.25, 0.3) is 0 Å². The van der Waals surface area contributed by atoms with Crippen molar-refractivity contribution in [3.8, 4) is 0 Å². The number of hydrogen-bond acceptors (Lipinski definition) is 2. The highest BCUT2D eigenvalue weighted by molar-refractivity contribution is 4.66. The summed E-state index contributed by atoms with van der Waals surface area (Å²) >= 11 is 0. The summed E-state index contributed by atoms with van der Waals surface area (Å²) < 4.78 is 0. The normalized spacial score (nSPS) is 21.4. The van der Waals surface area contributed by atoms with Crippen LogP contribution in [0.4, 0.5) is 0 Å². The van der Waals surface area contributed by atoms with Gasteiger partial charge in [-0.05, 0) is 20.8 Å². The van der Waals surface area contributed by atoms with Gasteiger partial charge in [-0.15, -0.1) is 0 Å². The van der Waals surface area contributed by atoms with Crippen LogP contribution in [0.15, 0.2) is 0 Å². The predicted octanol–water partition coefficient (Wildman–Crippen LogP) is 1.03. The first-order valence-electron chi connectivity index (χ1n) is 3.02. The Balaban J connectivity index is 2.16. The summed E-state index contributed by atoms with van der Waals surface area (Å²) in [5.41, 5.74) is 0.0104. The Bertz CT molecular complexity index is 81.0. The zero-order valence-corrected chi connectivity index (χ0v) is 5.77. The number of hydrogen-bond donors (Lipinski definition) is 0. The van der Waals surface area contributed by atoms with E-state index in [1.807, 2.05) is 5.06 Å². The predicted molar refractivity (Wildman–Crippen MR) is 32.4 cm³/mol. The standard InChI is InChI=1S/C6H13NO/c1-6(2,3)8-7-4-5-7/h4-5H2,1-3H3. The van der Waals surface area contributed by atoms with Crippen LogP contribution in [0, 0.1) is 0 Å². The van der Waals surface area contributed by atoms with E-state index in [0.29, 0.717) is 0 Å². The van der Waals surface area contributed by atoms with Gasteiger partial charge in [-0.2, -0.15) is 5.06 Å². The molecule has 0 bridgehead atoms. The second kappa shape index (κ2) is 1.71. The molecule has 0 radical (unpaired) electrons. The van der Waals surface area contributed by atoms with E-state index in [-0.39, 0.29) is 5.60 Å². The Morgan fingerprint density at radius 3 is 1.88 bits per heavy atom. The summed E-state index contributed by atoms with van der Waals surface area (Å²) in [6.07, 6.45) is 0. The molecule has 2 heteroatoms. The van der Waals surface area contributed by atoms with Gasteiger partial charge in [-0.3, -0.25) is 4.84 Å². The fourth-order valence-electron chi connectivity index (χ4n) is 0.519. The van der Waals surface area contributed by atoms with Crippen molar-refractivity contribution in [2.45, 2.75) is 26.4 Å². The number of rotatable bonds is 1. The lowest BCUT2D eigenvalue weighted by atomic mass is 10.2. The molecule has 0 aromatic carbocycles. The first-order chi connectivity index (χ1) is 3.58. The Labute approximate surface area is 50.4 Å². The molecule has 0 unspecified atom stereocenters. The quantitative estimate of drug-likeness (QED) is 0.473. The van der Waals surface area contributed by atoms with Crippen molar-refractivity contribution in [1.82, 2.24) is 5.06 Å². The molecule has 0 amide bonds. The van der Waals surface area contributed by atoms with Gasteiger partial charge in [0.2, 0.25) is 0 Å². The smallest absolute Gasteiger partial charge is 0.0815 e. The number of hydroxylamine groups is 2. The maximum Gasteiger partial charge on any atom is 0.0815 e. The van der Waals surface area contributed by atoms with Gasteiger partial charge < -0.3 is 0 Å². The van der Waals surface area contributed by atoms with Gasteiger partial charge in [0.15, 0.2) is 0 Å². The first-order valence-corrected chi connectivity index (χ1v) is 3.02. The summed E-state index contributed by atoms with van der Waals surface area (Å²) in [5, 5.41) is 1.96. The van der Waals surface area contributed by atoms with Crippen LogP contribution in [-0.2, 0) is 4.84 Å². The molecule has 8 heavy (non-hydrogen) atoms. The lowest BCUT2D eigenvalue weighted by Crippen LogP contribution is -2.22. The molecule has 1 aliphatic heterocycles. The van der Waals surface area contributed by atoms with E-state index in [9.17, 15) is 0 Å². The van der Waals surface area contributed by atoms with Crippen LogP contribution >= 0.6 is 0 Å². The summed E-state index contributed by atoms with van der Waals surface area (Å²) in [4.78, 5) is 5.38. The van der Waals surface area contributed by atoms with E-state index < -0.39 is 0 Å².